The molecule has 0 radical (unpaired) electrons. The van der Waals surface area contributed by atoms with Crippen LogP contribution in [0.5, 0.6) is 0 Å². The second kappa shape index (κ2) is 4.09. The third kappa shape index (κ3) is 2.55. The van der Waals surface area contributed by atoms with Crippen LogP contribution in [-0.4, -0.2) is 6.54 Å². The number of alkyl halides is 1. The molecule has 0 aliphatic heterocycles. The van der Waals surface area contributed by atoms with E-state index >= 15 is 0 Å². The Morgan fingerprint density at radius 2 is 1.71 bits per heavy atom. The fourth-order valence-electron chi connectivity index (χ4n) is 1.33. The molecule has 0 heterocycles. The third-order valence-corrected chi connectivity index (χ3v) is 2.35. The normalized spacial score (nSPS) is 14.1. The van der Waals surface area contributed by atoms with E-state index in [9.17, 15) is 4.39 Å². The Bertz CT molecular complexity index is 284. The molecular weight excluding hydrogens is 177 g/mol. The Morgan fingerprint density at radius 1 is 1.21 bits per heavy atom. The number of rotatable bonds is 2. The lowest BCUT2D eigenvalue weighted by atomic mass is 9.86. The molecule has 1 aromatic rings. The summed E-state index contributed by atoms with van der Waals surface area (Å²) >= 11 is 0. The minimum Gasteiger partial charge on any atom is -0.327 e. The summed E-state index contributed by atoms with van der Waals surface area (Å²) in [5.41, 5.74) is 7.25. The summed E-state index contributed by atoms with van der Waals surface area (Å²) in [6, 6.07) is 7.57. The average molecular weight is 195 g/mol. The molecule has 0 saturated carbocycles. The van der Waals surface area contributed by atoms with E-state index in [4.69, 9.17) is 5.73 Å². The van der Waals surface area contributed by atoms with Crippen LogP contribution in [0, 0.1) is 0 Å². The summed E-state index contributed by atoms with van der Waals surface area (Å²) < 4.78 is 13.2. The molecule has 0 aliphatic rings. The Labute approximate surface area is 85.1 Å². The molecule has 0 spiro atoms. The van der Waals surface area contributed by atoms with Gasteiger partial charge in [0.25, 0.3) is 0 Å². The molecule has 0 fully saturated rings. The first-order valence-corrected chi connectivity index (χ1v) is 4.89. The lowest BCUT2D eigenvalue weighted by Crippen LogP contribution is -2.12. The fourth-order valence-corrected chi connectivity index (χ4v) is 1.33. The molecule has 2 N–H and O–H groups in total. The maximum Gasteiger partial charge on any atom is 0.137 e. The molecule has 0 saturated heterocycles. The van der Waals surface area contributed by atoms with E-state index in [1.54, 1.807) is 0 Å². The van der Waals surface area contributed by atoms with Crippen LogP contribution in [0.2, 0.25) is 0 Å². The van der Waals surface area contributed by atoms with Crippen LogP contribution in [0.1, 0.15) is 38.1 Å². The quantitative estimate of drug-likeness (QED) is 0.771. The van der Waals surface area contributed by atoms with E-state index in [0.717, 1.165) is 0 Å². The predicted molar refractivity (Wildman–Crippen MR) is 58.0 cm³/mol. The van der Waals surface area contributed by atoms with Crippen molar-refractivity contribution in [1.82, 2.24) is 0 Å². The van der Waals surface area contributed by atoms with E-state index in [1.807, 2.05) is 24.3 Å². The van der Waals surface area contributed by atoms with Crippen LogP contribution >= 0.6 is 0 Å². The van der Waals surface area contributed by atoms with Gasteiger partial charge in [-0.05, 0) is 16.5 Å². The number of hydrogen-bond donors (Lipinski definition) is 1. The van der Waals surface area contributed by atoms with E-state index in [1.165, 1.54) is 5.56 Å². The number of hydrogen-bond acceptors (Lipinski definition) is 1. The lowest BCUT2D eigenvalue weighted by Gasteiger charge is -2.19. The van der Waals surface area contributed by atoms with Gasteiger partial charge >= 0.3 is 0 Å². The molecule has 14 heavy (non-hydrogen) atoms. The molecule has 0 aromatic heterocycles. The van der Waals surface area contributed by atoms with Crippen molar-refractivity contribution in [3.05, 3.63) is 35.4 Å². The van der Waals surface area contributed by atoms with Crippen LogP contribution in [0.15, 0.2) is 24.3 Å². The summed E-state index contributed by atoms with van der Waals surface area (Å²) in [6.07, 6.45) is -1.04. The molecule has 78 valence electrons. The van der Waals surface area contributed by atoms with Crippen molar-refractivity contribution in [2.75, 3.05) is 6.54 Å². The van der Waals surface area contributed by atoms with Crippen molar-refractivity contribution < 1.29 is 4.39 Å². The van der Waals surface area contributed by atoms with Crippen molar-refractivity contribution in [2.45, 2.75) is 32.4 Å². The minimum atomic E-state index is -1.04. The molecule has 0 aliphatic carbocycles. The highest BCUT2D eigenvalue weighted by molar-refractivity contribution is 5.28. The highest BCUT2D eigenvalue weighted by atomic mass is 19.1. The van der Waals surface area contributed by atoms with E-state index < -0.39 is 6.17 Å². The Morgan fingerprint density at radius 3 is 2.07 bits per heavy atom. The van der Waals surface area contributed by atoms with Gasteiger partial charge in [-0.1, -0.05) is 45.0 Å². The monoisotopic (exact) mass is 195 g/mol. The molecular formula is C12H18FN. The van der Waals surface area contributed by atoms with Gasteiger partial charge in [-0.3, -0.25) is 0 Å². The van der Waals surface area contributed by atoms with Crippen molar-refractivity contribution in [3.63, 3.8) is 0 Å². The largest absolute Gasteiger partial charge is 0.327 e. The smallest absolute Gasteiger partial charge is 0.137 e. The summed E-state index contributed by atoms with van der Waals surface area (Å²) in [7, 11) is 0. The standard InChI is InChI=1S/C12H18FN/c1-12(2,3)10-6-4-9(5-7-10)11(13)8-14/h4-7,11H,8,14H2,1-3H3. The molecule has 1 atom stereocenters. The Hall–Kier alpha value is -0.890. The van der Waals surface area contributed by atoms with Gasteiger partial charge in [-0.2, -0.15) is 0 Å². The van der Waals surface area contributed by atoms with Crippen molar-refractivity contribution in [1.29, 1.82) is 0 Å². The van der Waals surface area contributed by atoms with Crippen molar-refractivity contribution >= 4 is 0 Å². The van der Waals surface area contributed by atoms with Crippen molar-refractivity contribution in [3.8, 4) is 0 Å². The van der Waals surface area contributed by atoms with Gasteiger partial charge in [0.2, 0.25) is 0 Å². The molecule has 0 amide bonds. The van der Waals surface area contributed by atoms with Crippen LogP contribution in [0.3, 0.4) is 0 Å². The van der Waals surface area contributed by atoms with E-state index in [-0.39, 0.29) is 12.0 Å². The molecule has 1 aromatic carbocycles. The van der Waals surface area contributed by atoms with Crippen LogP contribution < -0.4 is 5.73 Å². The lowest BCUT2D eigenvalue weighted by molar-refractivity contribution is 0.352. The third-order valence-electron chi connectivity index (χ3n) is 2.35. The minimum absolute atomic E-state index is 0.0505. The summed E-state index contributed by atoms with van der Waals surface area (Å²) in [5.74, 6) is 0. The summed E-state index contributed by atoms with van der Waals surface area (Å²) in [6.45, 7) is 6.46. The zero-order valence-electron chi connectivity index (χ0n) is 9.05. The summed E-state index contributed by atoms with van der Waals surface area (Å²) in [4.78, 5) is 0. The number of nitrogens with two attached hydrogens (primary N) is 1. The highest BCUT2D eigenvalue weighted by Crippen LogP contribution is 2.24. The fraction of sp³-hybridized carbons (Fsp3) is 0.500. The molecule has 1 nitrogen and oxygen atoms in total. The van der Waals surface area contributed by atoms with Gasteiger partial charge in [0.15, 0.2) is 0 Å². The molecule has 2 heteroatoms. The van der Waals surface area contributed by atoms with E-state index in [2.05, 4.69) is 20.8 Å². The van der Waals surface area contributed by atoms with E-state index in [0.29, 0.717) is 5.56 Å². The van der Waals surface area contributed by atoms with Crippen LogP contribution in [0.25, 0.3) is 0 Å². The van der Waals surface area contributed by atoms with Gasteiger partial charge in [-0.25, -0.2) is 4.39 Å². The number of halogens is 1. The summed E-state index contributed by atoms with van der Waals surface area (Å²) in [5, 5.41) is 0. The van der Waals surface area contributed by atoms with Gasteiger partial charge in [0.1, 0.15) is 6.17 Å². The molecule has 1 rings (SSSR count). The predicted octanol–water partition coefficient (Wildman–Crippen LogP) is 2.95. The van der Waals surface area contributed by atoms with Crippen molar-refractivity contribution in [2.24, 2.45) is 5.73 Å². The van der Waals surface area contributed by atoms with Gasteiger partial charge in [0, 0.05) is 6.54 Å². The zero-order chi connectivity index (χ0) is 10.8. The Kier molecular flexibility index (Phi) is 3.27. The highest BCUT2D eigenvalue weighted by Gasteiger charge is 2.14. The molecule has 1 unspecified atom stereocenters. The second-order valence-electron chi connectivity index (χ2n) is 4.58. The SMILES string of the molecule is CC(C)(C)c1ccc(C(F)CN)cc1. The first-order chi connectivity index (χ1) is 6.45. The van der Waals surface area contributed by atoms with Gasteiger partial charge < -0.3 is 5.73 Å². The zero-order valence-corrected chi connectivity index (χ0v) is 9.05. The maximum atomic E-state index is 13.2. The topological polar surface area (TPSA) is 26.0 Å². The first-order valence-electron chi connectivity index (χ1n) is 4.89. The van der Waals surface area contributed by atoms with Gasteiger partial charge in [-0.15, -0.1) is 0 Å². The van der Waals surface area contributed by atoms with Crippen LogP contribution in [0.4, 0.5) is 4.39 Å². The average Bonchev–Trinajstić information content (AvgIpc) is 2.15. The molecule has 0 bridgehead atoms. The Balaban J connectivity index is 2.89. The second-order valence-corrected chi connectivity index (χ2v) is 4.58. The van der Waals surface area contributed by atoms with Crippen LogP contribution in [-0.2, 0) is 5.41 Å². The maximum absolute atomic E-state index is 13.2. The van der Waals surface area contributed by atoms with Gasteiger partial charge in [0.05, 0.1) is 0 Å². The number of benzene rings is 1. The first kappa shape index (κ1) is 11.2.